The lowest BCUT2D eigenvalue weighted by molar-refractivity contribution is 0.0572. The highest BCUT2D eigenvalue weighted by Gasteiger charge is 2.39. The molecule has 0 aliphatic heterocycles. The summed E-state index contributed by atoms with van der Waals surface area (Å²) in [5, 5.41) is 8.22. The van der Waals surface area contributed by atoms with E-state index in [0.29, 0.717) is 11.6 Å². The van der Waals surface area contributed by atoms with Crippen LogP contribution < -0.4 is 5.32 Å². The predicted molar refractivity (Wildman–Crippen MR) is 93.4 cm³/mol. The first-order valence-corrected chi connectivity index (χ1v) is 9.42. The molecule has 1 aliphatic rings. The number of thiophene rings is 2. The van der Waals surface area contributed by atoms with E-state index in [1.165, 1.54) is 29.0 Å². The van der Waals surface area contributed by atoms with Crippen molar-refractivity contribution >= 4 is 22.7 Å². The Kier molecular flexibility index (Phi) is 4.79. The molecule has 1 saturated carbocycles. The number of hydrogen-bond donors (Lipinski definition) is 1. The molecule has 0 radical (unpaired) electrons. The zero-order chi connectivity index (χ0) is 14.7. The Bertz CT molecular complexity index is 527. The van der Waals surface area contributed by atoms with Gasteiger partial charge in [0.05, 0.1) is 0 Å². The quantitative estimate of drug-likeness (QED) is 0.824. The molecule has 2 aromatic heterocycles. The van der Waals surface area contributed by atoms with Crippen LogP contribution in [0.4, 0.5) is 0 Å². The van der Waals surface area contributed by atoms with Gasteiger partial charge in [0, 0.05) is 34.3 Å². The van der Waals surface area contributed by atoms with E-state index in [9.17, 15) is 0 Å². The number of rotatable bonds is 7. The van der Waals surface area contributed by atoms with Gasteiger partial charge in [-0.25, -0.2) is 0 Å². The Balaban J connectivity index is 1.68. The molecule has 2 aromatic rings. The summed E-state index contributed by atoms with van der Waals surface area (Å²) in [5.74, 6) is 0. The lowest BCUT2D eigenvalue weighted by Crippen LogP contribution is -2.56. The molecule has 0 amide bonds. The van der Waals surface area contributed by atoms with Gasteiger partial charge in [-0.05, 0) is 56.3 Å². The molecule has 114 valence electrons. The van der Waals surface area contributed by atoms with Crippen LogP contribution in [0.1, 0.15) is 35.1 Å². The highest BCUT2D eigenvalue weighted by Crippen LogP contribution is 2.36. The first kappa shape index (κ1) is 15.2. The molecule has 1 fully saturated rings. The Labute approximate surface area is 135 Å². The number of nitrogens with zero attached hydrogens (tertiary/aromatic N) is 1. The van der Waals surface area contributed by atoms with Gasteiger partial charge in [0.15, 0.2) is 0 Å². The van der Waals surface area contributed by atoms with Gasteiger partial charge in [-0.15, -0.1) is 22.7 Å². The highest BCUT2D eigenvalue weighted by molar-refractivity contribution is 7.10. The van der Waals surface area contributed by atoms with Crippen molar-refractivity contribution in [3.05, 3.63) is 44.8 Å². The van der Waals surface area contributed by atoms with Gasteiger partial charge < -0.3 is 10.2 Å². The van der Waals surface area contributed by atoms with Gasteiger partial charge in [0.25, 0.3) is 0 Å². The van der Waals surface area contributed by atoms with Crippen molar-refractivity contribution in [3.63, 3.8) is 0 Å². The van der Waals surface area contributed by atoms with Crippen LogP contribution in [0.2, 0.25) is 0 Å². The standard InChI is InChI=1S/C17H24N2S2/c1-19(2)17(8-5-9-17)13-18-15(16-7-4-11-21-16)12-14-6-3-10-20-14/h3-4,6-7,10-11,15,18H,5,8-9,12-13H2,1-2H3. The van der Waals surface area contributed by atoms with Crippen molar-refractivity contribution in [1.82, 2.24) is 10.2 Å². The van der Waals surface area contributed by atoms with E-state index >= 15 is 0 Å². The Morgan fingerprint density at radius 3 is 2.48 bits per heavy atom. The van der Waals surface area contributed by atoms with Crippen molar-refractivity contribution in [2.75, 3.05) is 20.6 Å². The molecule has 1 unspecified atom stereocenters. The van der Waals surface area contributed by atoms with E-state index in [4.69, 9.17) is 0 Å². The molecule has 2 heterocycles. The molecule has 3 rings (SSSR count). The molecule has 0 aromatic carbocycles. The van der Waals surface area contributed by atoms with E-state index < -0.39 is 0 Å². The maximum atomic E-state index is 3.86. The smallest absolute Gasteiger partial charge is 0.0464 e. The second-order valence-corrected chi connectivity index (χ2v) is 8.22. The lowest BCUT2D eigenvalue weighted by atomic mass is 9.75. The fraction of sp³-hybridized carbons (Fsp3) is 0.529. The molecule has 2 nitrogen and oxygen atoms in total. The molecule has 1 N–H and O–H groups in total. The fourth-order valence-corrected chi connectivity index (χ4v) is 4.63. The van der Waals surface area contributed by atoms with Crippen molar-refractivity contribution in [2.24, 2.45) is 0 Å². The highest BCUT2D eigenvalue weighted by atomic mass is 32.1. The number of nitrogens with one attached hydrogen (secondary N) is 1. The summed E-state index contributed by atoms with van der Waals surface area (Å²) in [6, 6.07) is 9.27. The second-order valence-electron chi connectivity index (χ2n) is 6.20. The third-order valence-corrected chi connectivity index (χ3v) is 6.67. The summed E-state index contributed by atoms with van der Waals surface area (Å²) < 4.78 is 0. The Morgan fingerprint density at radius 1 is 1.19 bits per heavy atom. The van der Waals surface area contributed by atoms with E-state index in [0.717, 1.165) is 13.0 Å². The van der Waals surface area contributed by atoms with Crippen LogP contribution in [0.15, 0.2) is 35.0 Å². The van der Waals surface area contributed by atoms with Gasteiger partial charge >= 0.3 is 0 Å². The zero-order valence-electron chi connectivity index (χ0n) is 12.8. The van der Waals surface area contributed by atoms with Crippen LogP contribution in [0.25, 0.3) is 0 Å². The maximum absolute atomic E-state index is 3.86. The SMILES string of the molecule is CN(C)C1(CNC(Cc2cccs2)c2cccs2)CCC1. The number of hydrogen-bond acceptors (Lipinski definition) is 4. The van der Waals surface area contributed by atoms with E-state index in [2.05, 4.69) is 59.3 Å². The van der Waals surface area contributed by atoms with E-state index in [1.807, 2.05) is 22.7 Å². The zero-order valence-corrected chi connectivity index (χ0v) is 14.5. The van der Waals surface area contributed by atoms with Crippen LogP contribution in [0, 0.1) is 0 Å². The summed E-state index contributed by atoms with van der Waals surface area (Å²) in [5.41, 5.74) is 0.380. The average molecular weight is 321 g/mol. The molecule has 0 saturated heterocycles. The minimum atomic E-state index is 0.380. The molecule has 0 spiro atoms. The van der Waals surface area contributed by atoms with Gasteiger partial charge in [-0.3, -0.25) is 0 Å². The van der Waals surface area contributed by atoms with E-state index in [1.54, 1.807) is 0 Å². The summed E-state index contributed by atoms with van der Waals surface area (Å²) in [4.78, 5) is 5.34. The van der Waals surface area contributed by atoms with Gasteiger partial charge in [0.2, 0.25) is 0 Å². The minimum Gasteiger partial charge on any atom is -0.307 e. The summed E-state index contributed by atoms with van der Waals surface area (Å²) >= 11 is 3.73. The normalized spacial score (nSPS) is 18.6. The summed E-state index contributed by atoms with van der Waals surface area (Å²) in [7, 11) is 4.44. The third-order valence-electron chi connectivity index (χ3n) is 4.78. The van der Waals surface area contributed by atoms with Crippen molar-refractivity contribution in [3.8, 4) is 0 Å². The van der Waals surface area contributed by atoms with Crippen LogP contribution in [-0.2, 0) is 6.42 Å². The summed E-state index contributed by atoms with van der Waals surface area (Å²) in [6.07, 6.45) is 5.11. The Morgan fingerprint density at radius 2 is 1.95 bits per heavy atom. The molecular weight excluding hydrogens is 296 g/mol. The maximum Gasteiger partial charge on any atom is 0.0464 e. The first-order chi connectivity index (χ1) is 10.2. The van der Waals surface area contributed by atoms with Crippen molar-refractivity contribution in [2.45, 2.75) is 37.3 Å². The lowest BCUT2D eigenvalue weighted by Gasteiger charge is -2.48. The second kappa shape index (κ2) is 6.61. The molecular formula is C17H24N2S2. The van der Waals surface area contributed by atoms with Crippen LogP contribution in [-0.4, -0.2) is 31.1 Å². The van der Waals surface area contributed by atoms with Crippen LogP contribution in [0.5, 0.6) is 0 Å². The largest absolute Gasteiger partial charge is 0.307 e. The van der Waals surface area contributed by atoms with Crippen LogP contribution in [0.3, 0.4) is 0 Å². The van der Waals surface area contributed by atoms with Crippen molar-refractivity contribution in [1.29, 1.82) is 0 Å². The molecule has 1 atom stereocenters. The van der Waals surface area contributed by atoms with Gasteiger partial charge in [0.1, 0.15) is 0 Å². The molecule has 21 heavy (non-hydrogen) atoms. The number of likely N-dealkylation sites (N-methyl/N-ethyl adjacent to an activating group) is 1. The topological polar surface area (TPSA) is 15.3 Å². The first-order valence-electron chi connectivity index (χ1n) is 7.66. The van der Waals surface area contributed by atoms with E-state index in [-0.39, 0.29) is 0 Å². The fourth-order valence-electron chi connectivity index (χ4n) is 3.07. The predicted octanol–water partition coefficient (Wildman–Crippen LogP) is 4.17. The minimum absolute atomic E-state index is 0.380. The average Bonchev–Trinajstić information content (AvgIpc) is 3.09. The van der Waals surface area contributed by atoms with Crippen molar-refractivity contribution < 1.29 is 0 Å². The molecule has 1 aliphatic carbocycles. The summed E-state index contributed by atoms with van der Waals surface area (Å²) in [6.45, 7) is 1.09. The third kappa shape index (κ3) is 3.39. The monoisotopic (exact) mass is 320 g/mol. The Hall–Kier alpha value is -0.680. The van der Waals surface area contributed by atoms with Gasteiger partial charge in [-0.1, -0.05) is 12.1 Å². The molecule has 0 bridgehead atoms. The van der Waals surface area contributed by atoms with Crippen LogP contribution >= 0.6 is 22.7 Å². The van der Waals surface area contributed by atoms with Gasteiger partial charge in [-0.2, -0.15) is 0 Å². The molecule has 4 heteroatoms.